The maximum atomic E-state index is 12.1. The van der Waals surface area contributed by atoms with Gasteiger partial charge in [-0.3, -0.25) is 4.79 Å². The van der Waals surface area contributed by atoms with Crippen molar-refractivity contribution in [3.8, 4) is 0 Å². The molecule has 0 saturated carbocycles. The fraction of sp³-hybridized carbons (Fsp3) is 0.917. The minimum atomic E-state index is -0.681. The van der Waals surface area contributed by atoms with Gasteiger partial charge in [-0.1, -0.05) is 34.6 Å². The highest BCUT2D eigenvalue weighted by Crippen LogP contribution is 2.19. The lowest BCUT2D eigenvalue weighted by atomic mass is 9.90. The molecule has 0 atom stereocenters. The lowest BCUT2D eigenvalue weighted by molar-refractivity contribution is -0.137. The van der Waals surface area contributed by atoms with Crippen molar-refractivity contribution in [1.29, 1.82) is 0 Å². The van der Waals surface area contributed by atoms with E-state index < -0.39 is 5.54 Å². The van der Waals surface area contributed by atoms with E-state index in [2.05, 4.69) is 20.8 Å². The van der Waals surface area contributed by atoms with E-state index in [0.29, 0.717) is 12.8 Å². The molecule has 0 unspecified atom stereocenters. The van der Waals surface area contributed by atoms with E-state index in [4.69, 9.17) is 5.73 Å². The van der Waals surface area contributed by atoms with Gasteiger partial charge in [-0.05, 0) is 18.3 Å². The molecule has 0 radical (unpaired) electrons. The van der Waals surface area contributed by atoms with Crippen LogP contribution in [-0.4, -0.2) is 29.9 Å². The van der Waals surface area contributed by atoms with Gasteiger partial charge < -0.3 is 10.6 Å². The van der Waals surface area contributed by atoms with E-state index in [1.807, 2.05) is 20.9 Å². The van der Waals surface area contributed by atoms with Gasteiger partial charge >= 0.3 is 0 Å². The lowest BCUT2D eigenvalue weighted by Crippen LogP contribution is -2.54. The molecule has 0 bridgehead atoms. The first kappa shape index (κ1) is 14.4. The quantitative estimate of drug-likeness (QED) is 0.778. The van der Waals surface area contributed by atoms with E-state index in [0.717, 1.165) is 6.54 Å². The Kier molecular flexibility index (Phi) is 4.78. The van der Waals surface area contributed by atoms with E-state index in [1.165, 1.54) is 0 Å². The highest BCUT2D eigenvalue weighted by atomic mass is 16.2. The Morgan fingerprint density at radius 2 is 1.60 bits per heavy atom. The number of hydrogen-bond acceptors (Lipinski definition) is 2. The van der Waals surface area contributed by atoms with Gasteiger partial charge in [0.15, 0.2) is 0 Å². The van der Waals surface area contributed by atoms with Crippen LogP contribution in [0.4, 0.5) is 0 Å². The van der Waals surface area contributed by atoms with Crippen molar-refractivity contribution in [3.05, 3.63) is 0 Å². The predicted octanol–water partition coefficient (Wildman–Crippen LogP) is 2.01. The standard InChI is InChI=1S/C12H26N2O/c1-7-12(13,8-2)10(15)14(6)9-11(3,4)5/h7-9,13H2,1-6H3. The zero-order chi connectivity index (χ0) is 12.3. The summed E-state index contributed by atoms with van der Waals surface area (Å²) < 4.78 is 0. The number of carbonyl (C=O) groups is 1. The number of hydrogen-bond donors (Lipinski definition) is 1. The van der Waals surface area contributed by atoms with Crippen LogP contribution in [-0.2, 0) is 4.79 Å². The molecule has 0 aromatic rings. The molecule has 0 aliphatic carbocycles. The first-order valence-electron chi connectivity index (χ1n) is 5.70. The van der Waals surface area contributed by atoms with Crippen molar-refractivity contribution in [1.82, 2.24) is 4.90 Å². The van der Waals surface area contributed by atoms with Crippen LogP contribution in [0.3, 0.4) is 0 Å². The Hall–Kier alpha value is -0.570. The molecule has 0 fully saturated rings. The van der Waals surface area contributed by atoms with Gasteiger partial charge in [-0.2, -0.15) is 0 Å². The van der Waals surface area contributed by atoms with E-state index >= 15 is 0 Å². The van der Waals surface area contributed by atoms with Gasteiger partial charge in [-0.25, -0.2) is 0 Å². The number of nitrogens with two attached hydrogens (primary N) is 1. The summed E-state index contributed by atoms with van der Waals surface area (Å²) in [6.45, 7) is 11.0. The summed E-state index contributed by atoms with van der Waals surface area (Å²) in [4.78, 5) is 13.9. The summed E-state index contributed by atoms with van der Waals surface area (Å²) in [6.07, 6.45) is 1.38. The van der Waals surface area contributed by atoms with Crippen LogP contribution in [0.2, 0.25) is 0 Å². The molecule has 3 heteroatoms. The van der Waals surface area contributed by atoms with Crippen LogP contribution in [0.1, 0.15) is 47.5 Å². The normalized spacial score (nSPS) is 12.7. The second-order valence-corrected chi connectivity index (χ2v) is 5.59. The molecule has 0 aliphatic heterocycles. The Morgan fingerprint density at radius 1 is 1.20 bits per heavy atom. The molecule has 1 amide bonds. The average Bonchev–Trinajstić information content (AvgIpc) is 2.12. The SMILES string of the molecule is CCC(N)(CC)C(=O)N(C)CC(C)(C)C. The number of amides is 1. The molecule has 0 aromatic heterocycles. The molecule has 15 heavy (non-hydrogen) atoms. The van der Waals surface area contributed by atoms with Crippen LogP contribution >= 0.6 is 0 Å². The molecule has 0 aromatic carbocycles. The van der Waals surface area contributed by atoms with Crippen molar-refractivity contribution in [3.63, 3.8) is 0 Å². The highest BCUT2D eigenvalue weighted by molar-refractivity contribution is 5.85. The van der Waals surface area contributed by atoms with Gasteiger partial charge in [0.25, 0.3) is 0 Å². The van der Waals surface area contributed by atoms with Gasteiger partial charge in [0.2, 0.25) is 5.91 Å². The minimum absolute atomic E-state index is 0.0578. The fourth-order valence-electron chi connectivity index (χ4n) is 1.72. The van der Waals surface area contributed by atoms with Crippen LogP contribution in [0.15, 0.2) is 0 Å². The third-order valence-corrected chi connectivity index (χ3v) is 2.75. The number of likely N-dealkylation sites (N-methyl/N-ethyl adjacent to an activating group) is 1. The third kappa shape index (κ3) is 4.20. The Bertz CT molecular complexity index is 214. The van der Waals surface area contributed by atoms with Gasteiger partial charge in [-0.15, -0.1) is 0 Å². The Morgan fingerprint density at radius 3 is 1.87 bits per heavy atom. The van der Waals surface area contributed by atoms with Gasteiger partial charge in [0, 0.05) is 13.6 Å². The summed E-state index contributed by atoms with van der Waals surface area (Å²) in [6, 6.07) is 0. The van der Waals surface area contributed by atoms with Crippen LogP contribution in [0.5, 0.6) is 0 Å². The molecule has 3 nitrogen and oxygen atoms in total. The van der Waals surface area contributed by atoms with Crippen LogP contribution in [0, 0.1) is 5.41 Å². The lowest BCUT2D eigenvalue weighted by Gasteiger charge is -2.34. The van der Waals surface area contributed by atoms with Crippen LogP contribution in [0.25, 0.3) is 0 Å². The summed E-state index contributed by atoms with van der Waals surface area (Å²) in [5.74, 6) is 0.0578. The Balaban J connectivity index is 4.57. The topological polar surface area (TPSA) is 46.3 Å². The minimum Gasteiger partial charge on any atom is -0.344 e. The number of rotatable bonds is 4. The zero-order valence-electron chi connectivity index (χ0n) is 11.1. The second kappa shape index (κ2) is 4.97. The van der Waals surface area contributed by atoms with Crippen molar-refractivity contribution < 1.29 is 4.79 Å². The molecule has 0 aliphatic rings. The van der Waals surface area contributed by atoms with Crippen molar-refractivity contribution in [2.24, 2.45) is 11.1 Å². The molecular weight excluding hydrogens is 188 g/mol. The Labute approximate surface area is 94.0 Å². The van der Waals surface area contributed by atoms with Crippen molar-refractivity contribution >= 4 is 5.91 Å². The monoisotopic (exact) mass is 214 g/mol. The molecule has 0 rings (SSSR count). The van der Waals surface area contributed by atoms with Crippen molar-refractivity contribution in [2.45, 2.75) is 53.0 Å². The number of nitrogens with zero attached hydrogens (tertiary/aromatic N) is 1. The average molecular weight is 214 g/mol. The van der Waals surface area contributed by atoms with Crippen LogP contribution < -0.4 is 5.73 Å². The van der Waals surface area contributed by atoms with E-state index in [9.17, 15) is 4.79 Å². The molecule has 2 N–H and O–H groups in total. The third-order valence-electron chi connectivity index (χ3n) is 2.75. The van der Waals surface area contributed by atoms with Crippen molar-refractivity contribution in [2.75, 3.05) is 13.6 Å². The molecule has 90 valence electrons. The summed E-state index contributed by atoms with van der Waals surface area (Å²) >= 11 is 0. The maximum absolute atomic E-state index is 12.1. The molecule has 0 heterocycles. The maximum Gasteiger partial charge on any atom is 0.242 e. The predicted molar refractivity (Wildman–Crippen MR) is 64.6 cm³/mol. The molecule has 0 saturated heterocycles. The number of carbonyl (C=O) groups excluding carboxylic acids is 1. The molecular formula is C12H26N2O. The fourth-order valence-corrected chi connectivity index (χ4v) is 1.72. The van der Waals surface area contributed by atoms with E-state index in [1.54, 1.807) is 4.90 Å². The zero-order valence-corrected chi connectivity index (χ0v) is 11.1. The summed E-state index contributed by atoms with van der Waals surface area (Å²) in [5, 5.41) is 0. The summed E-state index contributed by atoms with van der Waals surface area (Å²) in [5.41, 5.74) is 5.51. The first-order valence-corrected chi connectivity index (χ1v) is 5.70. The smallest absolute Gasteiger partial charge is 0.242 e. The second-order valence-electron chi connectivity index (χ2n) is 5.59. The molecule has 0 spiro atoms. The summed E-state index contributed by atoms with van der Waals surface area (Å²) in [7, 11) is 1.83. The first-order chi connectivity index (χ1) is 6.66. The van der Waals surface area contributed by atoms with E-state index in [-0.39, 0.29) is 11.3 Å². The van der Waals surface area contributed by atoms with Gasteiger partial charge in [0.05, 0.1) is 5.54 Å². The largest absolute Gasteiger partial charge is 0.344 e. The highest BCUT2D eigenvalue weighted by Gasteiger charge is 2.33. The van der Waals surface area contributed by atoms with Gasteiger partial charge in [0.1, 0.15) is 0 Å².